The summed E-state index contributed by atoms with van der Waals surface area (Å²) in [6, 6.07) is 6.67. The minimum atomic E-state index is -0.932. The predicted octanol–water partition coefficient (Wildman–Crippen LogP) is 2.21. The highest BCUT2D eigenvalue weighted by Gasteiger charge is 2.09. The van der Waals surface area contributed by atoms with Crippen LogP contribution in [-0.4, -0.2) is 11.1 Å². The van der Waals surface area contributed by atoms with Crippen LogP contribution in [0.5, 0.6) is 0 Å². The number of aromatic carboxylic acids is 1. The van der Waals surface area contributed by atoms with Crippen LogP contribution in [0.1, 0.15) is 34.8 Å². The van der Waals surface area contributed by atoms with E-state index in [9.17, 15) is 4.79 Å². The molecular weight excluding hydrogens is 178 g/mol. The van der Waals surface area contributed by atoms with Gasteiger partial charge in [-0.05, 0) is 30.2 Å². The lowest BCUT2D eigenvalue weighted by atomic mass is 10.0. The fourth-order valence-electron chi connectivity index (χ4n) is 1.35. The van der Waals surface area contributed by atoms with Gasteiger partial charge in [-0.3, -0.25) is 0 Å². The quantitative estimate of drug-likeness (QED) is 0.792. The Labute approximate surface area is 82.6 Å². The number of hydrogen-bond donors (Lipinski definition) is 1. The molecule has 1 aromatic rings. The summed E-state index contributed by atoms with van der Waals surface area (Å²) in [5.74, 6) is -0.932. The summed E-state index contributed by atoms with van der Waals surface area (Å²) in [6.45, 7) is 1.98. The van der Waals surface area contributed by atoms with E-state index in [0.29, 0.717) is 17.5 Å². The molecule has 0 aliphatic heterocycles. The third-order valence-corrected chi connectivity index (χ3v) is 1.98. The van der Waals surface area contributed by atoms with E-state index in [1.54, 1.807) is 6.07 Å². The molecule has 0 aliphatic carbocycles. The zero-order valence-corrected chi connectivity index (χ0v) is 7.95. The van der Waals surface area contributed by atoms with Gasteiger partial charge in [-0.1, -0.05) is 13.3 Å². The van der Waals surface area contributed by atoms with Crippen LogP contribution in [0.3, 0.4) is 0 Å². The van der Waals surface area contributed by atoms with Crippen molar-refractivity contribution in [3.05, 3.63) is 34.9 Å². The van der Waals surface area contributed by atoms with Crippen LogP contribution in [0.2, 0.25) is 0 Å². The lowest BCUT2D eigenvalue weighted by molar-refractivity contribution is 0.0695. The van der Waals surface area contributed by atoms with Gasteiger partial charge in [0.05, 0.1) is 17.2 Å². The maximum atomic E-state index is 10.8. The van der Waals surface area contributed by atoms with Crippen molar-refractivity contribution < 1.29 is 9.90 Å². The van der Waals surface area contributed by atoms with Gasteiger partial charge < -0.3 is 5.11 Å². The highest BCUT2D eigenvalue weighted by atomic mass is 16.4. The summed E-state index contributed by atoms with van der Waals surface area (Å²) >= 11 is 0. The Morgan fingerprint density at radius 3 is 2.79 bits per heavy atom. The highest BCUT2D eigenvalue weighted by Crippen LogP contribution is 2.13. The molecule has 0 bridgehead atoms. The van der Waals surface area contributed by atoms with Crippen molar-refractivity contribution in [3.8, 4) is 6.07 Å². The van der Waals surface area contributed by atoms with E-state index in [2.05, 4.69) is 0 Å². The third-order valence-electron chi connectivity index (χ3n) is 1.98. The van der Waals surface area contributed by atoms with E-state index in [1.807, 2.05) is 13.0 Å². The van der Waals surface area contributed by atoms with Crippen LogP contribution in [0.4, 0.5) is 0 Å². The Balaban J connectivity index is 3.18. The van der Waals surface area contributed by atoms with Gasteiger partial charge in [0.15, 0.2) is 0 Å². The lowest BCUT2D eigenvalue weighted by Crippen LogP contribution is -2.02. The number of nitrogens with zero attached hydrogens (tertiary/aromatic N) is 1. The summed E-state index contributed by atoms with van der Waals surface area (Å²) in [6.07, 6.45) is 1.56. The molecule has 0 amide bonds. The monoisotopic (exact) mass is 189 g/mol. The molecule has 3 heteroatoms. The molecule has 1 N–H and O–H groups in total. The van der Waals surface area contributed by atoms with Crippen molar-refractivity contribution in [2.75, 3.05) is 0 Å². The summed E-state index contributed by atoms with van der Waals surface area (Å²) in [5, 5.41) is 17.5. The molecule has 0 aliphatic rings. The second-order valence-corrected chi connectivity index (χ2v) is 3.04. The second-order valence-electron chi connectivity index (χ2n) is 3.04. The van der Waals surface area contributed by atoms with Crippen LogP contribution >= 0.6 is 0 Å². The first-order valence-electron chi connectivity index (χ1n) is 4.45. The number of carbonyl (C=O) groups is 1. The minimum Gasteiger partial charge on any atom is -0.478 e. The minimum absolute atomic E-state index is 0.297. The maximum absolute atomic E-state index is 10.8. The summed E-state index contributed by atoms with van der Waals surface area (Å²) in [4.78, 5) is 10.8. The normalized spacial score (nSPS) is 9.43. The van der Waals surface area contributed by atoms with E-state index in [-0.39, 0.29) is 0 Å². The second kappa shape index (κ2) is 4.43. The molecule has 0 spiro atoms. The van der Waals surface area contributed by atoms with Gasteiger partial charge in [0, 0.05) is 0 Å². The topological polar surface area (TPSA) is 61.1 Å². The molecular formula is C11H11NO2. The number of hydrogen-bond acceptors (Lipinski definition) is 2. The molecule has 0 saturated heterocycles. The fraction of sp³-hybridized carbons (Fsp3) is 0.273. The van der Waals surface area contributed by atoms with Gasteiger partial charge in [0.25, 0.3) is 0 Å². The number of carboxylic acid groups (broad SMARTS) is 1. The van der Waals surface area contributed by atoms with E-state index in [4.69, 9.17) is 10.4 Å². The van der Waals surface area contributed by atoms with Crippen molar-refractivity contribution in [2.24, 2.45) is 0 Å². The number of benzene rings is 1. The van der Waals surface area contributed by atoms with Gasteiger partial charge in [-0.25, -0.2) is 4.79 Å². The third kappa shape index (κ3) is 2.11. The van der Waals surface area contributed by atoms with Crippen LogP contribution in [0.15, 0.2) is 18.2 Å². The Morgan fingerprint density at radius 1 is 1.57 bits per heavy atom. The largest absolute Gasteiger partial charge is 0.478 e. The van der Waals surface area contributed by atoms with Gasteiger partial charge in [0.1, 0.15) is 0 Å². The van der Waals surface area contributed by atoms with Crippen molar-refractivity contribution in [3.63, 3.8) is 0 Å². The Hall–Kier alpha value is -1.82. The number of carboxylic acids is 1. The van der Waals surface area contributed by atoms with Crippen molar-refractivity contribution in [1.82, 2.24) is 0 Å². The molecule has 1 rings (SSSR count). The van der Waals surface area contributed by atoms with E-state index in [1.165, 1.54) is 12.1 Å². The smallest absolute Gasteiger partial charge is 0.335 e. The molecule has 3 nitrogen and oxygen atoms in total. The van der Waals surface area contributed by atoms with Gasteiger partial charge in [0.2, 0.25) is 0 Å². The first kappa shape index (κ1) is 10.3. The molecule has 0 fully saturated rings. The summed E-state index contributed by atoms with van der Waals surface area (Å²) in [7, 11) is 0. The Kier molecular flexibility index (Phi) is 3.24. The van der Waals surface area contributed by atoms with Gasteiger partial charge in [-0.15, -0.1) is 0 Å². The first-order valence-corrected chi connectivity index (χ1v) is 4.45. The molecule has 72 valence electrons. The highest BCUT2D eigenvalue weighted by molar-refractivity contribution is 5.89. The van der Waals surface area contributed by atoms with E-state index >= 15 is 0 Å². The van der Waals surface area contributed by atoms with E-state index in [0.717, 1.165) is 12.0 Å². The van der Waals surface area contributed by atoms with Crippen LogP contribution in [0.25, 0.3) is 0 Å². The van der Waals surface area contributed by atoms with Crippen molar-refractivity contribution in [2.45, 2.75) is 19.8 Å². The number of aryl methyl sites for hydroxylation is 1. The van der Waals surface area contributed by atoms with Crippen molar-refractivity contribution in [1.29, 1.82) is 5.26 Å². The number of rotatable bonds is 3. The number of nitriles is 1. The molecule has 0 unspecified atom stereocenters. The maximum Gasteiger partial charge on any atom is 0.335 e. The predicted molar refractivity (Wildman–Crippen MR) is 52.1 cm³/mol. The Morgan fingerprint density at radius 2 is 2.29 bits per heavy atom. The molecule has 0 radical (unpaired) electrons. The molecule has 0 saturated carbocycles. The van der Waals surface area contributed by atoms with Gasteiger partial charge in [-0.2, -0.15) is 5.26 Å². The Bertz CT molecular complexity index is 391. The molecule has 0 aromatic heterocycles. The molecule has 14 heavy (non-hydrogen) atoms. The zero-order chi connectivity index (χ0) is 10.6. The molecule has 0 heterocycles. The average molecular weight is 189 g/mol. The zero-order valence-electron chi connectivity index (χ0n) is 7.95. The van der Waals surface area contributed by atoms with Crippen LogP contribution in [-0.2, 0) is 6.42 Å². The fourth-order valence-corrected chi connectivity index (χ4v) is 1.35. The van der Waals surface area contributed by atoms with Gasteiger partial charge >= 0.3 is 5.97 Å². The summed E-state index contributed by atoms with van der Waals surface area (Å²) < 4.78 is 0. The molecule has 1 aromatic carbocycles. The van der Waals surface area contributed by atoms with Crippen LogP contribution in [0, 0.1) is 11.3 Å². The SMILES string of the molecule is CCCc1cc(C#N)ccc1C(=O)O. The molecule has 0 atom stereocenters. The lowest BCUT2D eigenvalue weighted by Gasteiger charge is -2.04. The van der Waals surface area contributed by atoms with Crippen LogP contribution < -0.4 is 0 Å². The standard InChI is InChI=1S/C11H11NO2/c1-2-3-9-6-8(7-12)4-5-10(9)11(13)14/h4-6H,2-3H2,1H3,(H,13,14). The van der Waals surface area contributed by atoms with E-state index < -0.39 is 5.97 Å². The summed E-state index contributed by atoms with van der Waals surface area (Å²) in [5.41, 5.74) is 1.54. The average Bonchev–Trinajstić information content (AvgIpc) is 2.17. The first-order chi connectivity index (χ1) is 6.69. The van der Waals surface area contributed by atoms with Crippen molar-refractivity contribution >= 4 is 5.97 Å².